The average molecular weight is 342 g/mol. The third-order valence-electron chi connectivity index (χ3n) is 4.64. The number of para-hydroxylation sites is 1. The first-order valence-corrected chi connectivity index (χ1v) is 8.81. The molecule has 134 valence electrons. The number of rotatable bonds is 5. The molecule has 0 aliphatic carbocycles. The molecule has 0 spiro atoms. The minimum atomic E-state index is 0.0771. The van der Waals surface area contributed by atoms with Gasteiger partial charge in [-0.1, -0.05) is 18.2 Å². The SMILES string of the molecule is COCCN1CCCN(C(=O)c2cn(-c3ccccc3)nc2C)CC1. The predicted molar refractivity (Wildman–Crippen MR) is 97.1 cm³/mol. The molecule has 1 aromatic heterocycles. The van der Waals surface area contributed by atoms with E-state index in [4.69, 9.17) is 4.74 Å². The number of amides is 1. The van der Waals surface area contributed by atoms with Crippen LogP contribution in [0.25, 0.3) is 5.69 Å². The van der Waals surface area contributed by atoms with Crippen molar-refractivity contribution in [2.45, 2.75) is 13.3 Å². The molecule has 1 fully saturated rings. The lowest BCUT2D eigenvalue weighted by Crippen LogP contribution is -2.36. The standard InChI is InChI=1S/C19H26N4O2/c1-16-18(15-23(20-16)17-7-4-3-5-8-17)19(24)22-10-6-9-21(11-12-22)13-14-25-2/h3-5,7-8,15H,6,9-14H2,1-2H3. The number of ether oxygens (including phenoxy) is 1. The molecule has 0 bridgehead atoms. The molecule has 1 amide bonds. The van der Waals surface area contributed by atoms with Crippen LogP contribution in [0.15, 0.2) is 36.5 Å². The lowest BCUT2D eigenvalue weighted by molar-refractivity contribution is 0.0758. The van der Waals surface area contributed by atoms with Crippen molar-refractivity contribution in [1.82, 2.24) is 19.6 Å². The summed E-state index contributed by atoms with van der Waals surface area (Å²) in [5.41, 5.74) is 2.43. The van der Waals surface area contributed by atoms with Crippen LogP contribution in [0.2, 0.25) is 0 Å². The van der Waals surface area contributed by atoms with Crippen LogP contribution in [-0.4, -0.2) is 71.9 Å². The molecule has 0 N–H and O–H groups in total. The van der Waals surface area contributed by atoms with E-state index in [0.717, 1.165) is 57.1 Å². The van der Waals surface area contributed by atoms with Crippen molar-refractivity contribution in [1.29, 1.82) is 0 Å². The van der Waals surface area contributed by atoms with E-state index in [1.165, 1.54) is 0 Å². The number of carbonyl (C=O) groups excluding carboxylic acids is 1. The van der Waals surface area contributed by atoms with Crippen LogP contribution in [0.3, 0.4) is 0 Å². The van der Waals surface area contributed by atoms with Crippen molar-refractivity contribution < 1.29 is 9.53 Å². The van der Waals surface area contributed by atoms with Gasteiger partial charge in [0.25, 0.3) is 5.91 Å². The first kappa shape index (κ1) is 17.6. The Balaban J connectivity index is 1.70. The summed E-state index contributed by atoms with van der Waals surface area (Å²) in [6, 6.07) is 9.88. The first-order valence-electron chi connectivity index (χ1n) is 8.81. The molecule has 2 heterocycles. The zero-order chi connectivity index (χ0) is 17.6. The van der Waals surface area contributed by atoms with Crippen LogP contribution >= 0.6 is 0 Å². The summed E-state index contributed by atoms with van der Waals surface area (Å²) in [6.07, 6.45) is 2.84. The van der Waals surface area contributed by atoms with Crippen LogP contribution in [0.1, 0.15) is 22.5 Å². The lowest BCUT2D eigenvalue weighted by Gasteiger charge is -2.21. The Kier molecular flexibility index (Phi) is 5.83. The first-order chi connectivity index (χ1) is 12.2. The Morgan fingerprint density at radius 2 is 1.96 bits per heavy atom. The van der Waals surface area contributed by atoms with Gasteiger partial charge in [0, 0.05) is 39.5 Å². The van der Waals surface area contributed by atoms with Gasteiger partial charge in [-0.05, 0) is 32.0 Å². The lowest BCUT2D eigenvalue weighted by atomic mass is 10.2. The number of carbonyl (C=O) groups is 1. The zero-order valence-corrected chi connectivity index (χ0v) is 15.0. The smallest absolute Gasteiger partial charge is 0.257 e. The fourth-order valence-corrected chi connectivity index (χ4v) is 3.17. The highest BCUT2D eigenvalue weighted by Crippen LogP contribution is 2.15. The van der Waals surface area contributed by atoms with E-state index in [0.29, 0.717) is 5.56 Å². The van der Waals surface area contributed by atoms with E-state index < -0.39 is 0 Å². The van der Waals surface area contributed by atoms with Gasteiger partial charge in [-0.25, -0.2) is 4.68 Å². The second-order valence-corrected chi connectivity index (χ2v) is 6.39. The molecule has 6 heteroatoms. The van der Waals surface area contributed by atoms with Gasteiger partial charge in [0.1, 0.15) is 0 Å². The van der Waals surface area contributed by atoms with Crippen molar-refractivity contribution >= 4 is 5.91 Å². The van der Waals surface area contributed by atoms with E-state index in [2.05, 4.69) is 10.00 Å². The Morgan fingerprint density at radius 1 is 1.16 bits per heavy atom. The second kappa shape index (κ2) is 8.27. The topological polar surface area (TPSA) is 50.6 Å². The molecule has 2 aromatic rings. The van der Waals surface area contributed by atoms with Gasteiger partial charge >= 0.3 is 0 Å². The van der Waals surface area contributed by atoms with E-state index in [1.807, 2.05) is 48.4 Å². The summed E-state index contributed by atoms with van der Waals surface area (Å²) >= 11 is 0. The van der Waals surface area contributed by atoms with Gasteiger partial charge in [0.05, 0.1) is 23.6 Å². The molecule has 25 heavy (non-hydrogen) atoms. The third kappa shape index (κ3) is 4.27. The minimum absolute atomic E-state index is 0.0771. The van der Waals surface area contributed by atoms with Gasteiger partial charge in [0.15, 0.2) is 0 Å². The Labute approximate surface area is 149 Å². The van der Waals surface area contributed by atoms with E-state index in [-0.39, 0.29) is 5.91 Å². The van der Waals surface area contributed by atoms with Gasteiger partial charge < -0.3 is 9.64 Å². The molecule has 0 atom stereocenters. The van der Waals surface area contributed by atoms with Crippen LogP contribution in [0, 0.1) is 6.92 Å². The minimum Gasteiger partial charge on any atom is -0.383 e. The van der Waals surface area contributed by atoms with Crippen LogP contribution in [0.4, 0.5) is 0 Å². The highest BCUT2D eigenvalue weighted by Gasteiger charge is 2.23. The Morgan fingerprint density at radius 3 is 2.72 bits per heavy atom. The van der Waals surface area contributed by atoms with E-state index in [9.17, 15) is 4.79 Å². The molecule has 1 saturated heterocycles. The molecule has 0 radical (unpaired) electrons. The number of methoxy groups -OCH3 is 1. The molecule has 6 nitrogen and oxygen atoms in total. The molecule has 1 aromatic carbocycles. The highest BCUT2D eigenvalue weighted by atomic mass is 16.5. The largest absolute Gasteiger partial charge is 0.383 e. The monoisotopic (exact) mass is 342 g/mol. The zero-order valence-electron chi connectivity index (χ0n) is 15.0. The molecular weight excluding hydrogens is 316 g/mol. The predicted octanol–water partition coefficient (Wildman–Crippen LogP) is 1.98. The summed E-state index contributed by atoms with van der Waals surface area (Å²) in [5, 5.41) is 4.52. The van der Waals surface area contributed by atoms with Crippen molar-refractivity contribution in [3.63, 3.8) is 0 Å². The van der Waals surface area contributed by atoms with Crippen molar-refractivity contribution in [2.24, 2.45) is 0 Å². The van der Waals surface area contributed by atoms with Crippen molar-refractivity contribution in [2.75, 3.05) is 46.4 Å². The molecule has 1 aliphatic rings. The second-order valence-electron chi connectivity index (χ2n) is 6.39. The van der Waals surface area contributed by atoms with Crippen LogP contribution in [-0.2, 0) is 4.74 Å². The van der Waals surface area contributed by atoms with Crippen molar-refractivity contribution in [3.8, 4) is 5.69 Å². The van der Waals surface area contributed by atoms with Gasteiger partial charge in [-0.2, -0.15) is 5.10 Å². The molecular formula is C19H26N4O2. The summed E-state index contributed by atoms with van der Waals surface area (Å²) in [6.45, 7) is 6.99. The van der Waals surface area contributed by atoms with Gasteiger partial charge in [0.2, 0.25) is 0 Å². The Hall–Kier alpha value is -2.18. The fourth-order valence-electron chi connectivity index (χ4n) is 3.17. The number of aryl methyl sites for hydroxylation is 1. The fraction of sp³-hybridized carbons (Fsp3) is 0.474. The van der Waals surface area contributed by atoms with E-state index >= 15 is 0 Å². The maximum absolute atomic E-state index is 13.0. The Bertz CT molecular complexity index is 699. The maximum Gasteiger partial charge on any atom is 0.257 e. The summed E-state index contributed by atoms with van der Waals surface area (Å²) in [4.78, 5) is 17.3. The maximum atomic E-state index is 13.0. The number of aromatic nitrogens is 2. The molecule has 3 rings (SSSR count). The number of hydrogen-bond acceptors (Lipinski definition) is 4. The normalized spacial score (nSPS) is 16.0. The summed E-state index contributed by atoms with van der Waals surface area (Å²) < 4.78 is 6.94. The number of nitrogens with zero attached hydrogens (tertiary/aromatic N) is 4. The highest BCUT2D eigenvalue weighted by molar-refractivity contribution is 5.95. The molecule has 1 aliphatic heterocycles. The quantitative estimate of drug-likeness (QED) is 0.834. The van der Waals surface area contributed by atoms with Crippen LogP contribution in [0.5, 0.6) is 0 Å². The molecule has 0 unspecified atom stereocenters. The summed E-state index contributed by atoms with van der Waals surface area (Å²) in [5.74, 6) is 0.0771. The van der Waals surface area contributed by atoms with Gasteiger partial charge in [-0.3, -0.25) is 9.69 Å². The van der Waals surface area contributed by atoms with Crippen LogP contribution < -0.4 is 0 Å². The number of benzene rings is 1. The van der Waals surface area contributed by atoms with Gasteiger partial charge in [-0.15, -0.1) is 0 Å². The summed E-state index contributed by atoms with van der Waals surface area (Å²) in [7, 11) is 1.72. The van der Waals surface area contributed by atoms with Crippen molar-refractivity contribution in [3.05, 3.63) is 47.8 Å². The number of hydrogen-bond donors (Lipinski definition) is 0. The molecule has 0 saturated carbocycles. The van der Waals surface area contributed by atoms with E-state index in [1.54, 1.807) is 11.8 Å². The average Bonchev–Trinajstić information content (AvgIpc) is 2.88. The third-order valence-corrected chi connectivity index (χ3v) is 4.64.